The van der Waals surface area contributed by atoms with Crippen LogP contribution in [0.5, 0.6) is 5.75 Å². The summed E-state index contributed by atoms with van der Waals surface area (Å²) >= 11 is 0. The number of pyridine rings is 1. The average molecular weight is 534 g/mol. The Morgan fingerprint density at radius 3 is 2.65 bits per heavy atom. The number of nitrogens with zero attached hydrogens (tertiary/aromatic N) is 4. The van der Waals surface area contributed by atoms with E-state index in [9.17, 15) is 0 Å². The van der Waals surface area contributed by atoms with E-state index in [0.29, 0.717) is 13.1 Å². The van der Waals surface area contributed by atoms with Gasteiger partial charge in [0.2, 0.25) is 0 Å². The first-order chi connectivity index (χ1) is 14.6. The molecular weight excluding hydrogens is 503 g/mol. The van der Waals surface area contributed by atoms with Gasteiger partial charge in [-0.15, -0.1) is 24.0 Å². The number of aliphatic imine (C=N–C) groups is 1. The molecule has 2 aromatic heterocycles. The Hall–Kier alpha value is -2.62. The molecule has 8 heteroatoms. The number of aromatic nitrogens is 3. The molecule has 3 aromatic rings. The normalized spacial score (nSPS) is 12.1. The van der Waals surface area contributed by atoms with Crippen LogP contribution in [0.15, 0.2) is 60.2 Å². The Balaban J connectivity index is 0.00000341. The van der Waals surface area contributed by atoms with Crippen molar-refractivity contribution in [3.05, 3.63) is 71.9 Å². The summed E-state index contributed by atoms with van der Waals surface area (Å²) in [6.45, 7) is 7.55. The summed E-state index contributed by atoms with van der Waals surface area (Å²) in [6.07, 6.45) is 8.35. The quantitative estimate of drug-likeness (QED) is 0.257. The molecule has 166 valence electrons. The Kier molecular flexibility index (Phi) is 9.77. The second-order valence-corrected chi connectivity index (χ2v) is 7.22. The van der Waals surface area contributed by atoms with E-state index in [1.165, 1.54) is 5.56 Å². The largest absolute Gasteiger partial charge is 0.490 e. The molecule has 0 aliphatic carbocycles. The first-order valence-electron chi connectivity index (χ1n) is 10.2. The van der Waals surface area contributed by atoms with Gasteiger partial charge in [0.1, 0.15) is 17.9 Å². The third-order valence-corrected chi connectivity index (χ3v) is 4.83. The maximum Gasteiger partial charge on any atom is 0.191 e. The van der Waals surface area contributed by atoms with Gasteiger partial charge in [-0.25, -0.2) is 9.97 Å². The lowest BCUT2D eigenvalue weighted by Crippen LogP contribution is -2.36. The Labute approximate surface area is 201 Å². The van der Waals surface area contributed by atoms with E-state index in [1.807, 2.05) is 29.1 Å². The number of guanidine groups is 1. The molecule has 0 aliphatic heterocycles. The first kappa shape index (κ1) is 24.6. The molecule has 0 saturated heterocycles. The number of benzene rings is 1. The zero-order valence-corrected chi connectivity index (χ0v) is 20.8. The third-order valence-electron chi connectivity index (χ3n) is 4.83. The van der Waals surface area contributed by atoms with Crippen molar-refractivity contribution >= 4 is 29.9 Å². The molecule has 0 amide bonds. The van der Waals surface area contributed by atoms with Gasteiger partial charge in [-0.3, -0.25) is 9.56 Å². The summed E-state index contributed by atoms with van der Waals surface area (Å²) in [5.74, 6) is 2.49. The minimum absolute atomic E-state index is 0. The van der Waals surface area contributed by atoms with E-state index in [-0.39, 0.29) is 30.1 Å². The molecular formula is C23H31IN6O. The van der Waals surface area contributed by atoms with Crippen LogP contribution in [-0.2, 0) is 13.1 Å². The number of nitrogens with one attached hydrogen (secondary N) is 2. The number of imidazole rings is 1. The molecule has 0 fully saturated rings. The summed E-state index contributed by atoms with van der Waals surface area (Å²) in [6, 6.07) is 10.3. The fraction of sp³-hybridized carbons (Fsp3) is 0.348. The highest BCUT2D eigenvalue weighted by Gasteiger charge is 2.09. The molecule has 2 heterocycles. The number of hydrogen-bond donors (Lipinski definition) is 2. The lowest BCUT2D eigenvalue weighted by molar-refractivity contribution is 0.215. The van der Waals surface area contributed by atoms with Gasteiger partial charge in [0.05, 0.1) is 6.10 Å². The number of hydrogen-bond acceptors (Lipinski definition) is 4. The minimum Gasteiger partial charge on any atom is -0.490 e. The lowest BCUT2D eigenvalue weighted by atomic mass is 10.1. The molecule has 31 heavy (non-hydrogen) atoms. The Morgan fingerprint density at radius 2 is 2.00 bits per heavy atom. The van der Waals surface area contributed by atoms with Crippen molar-refractivity contribution in [3.8, 4) is 11.6 Å². The average Bonchev–Trinajstić information content (AvgIpc) is 3.30. The zero-order valence-electron chi connectivity index (χ0n) is 18.5. The van der Waals surface area contributed by atoms with Crippen LogP contribution in [0.4, 0.5) is 0 Å². The van der Waals surface area contributed by atoms with Crippen LogP contribution in [0.25, 0.3) is 5.82 Å². The van der Waals surface area contributed by atoms with Gasteiger partial charge in [0.25, 0.3) is 0 Å². The van der Waals surface area contributed by atoms with Crippen molar-refractivity contribution in [2.45, 2.75) is 46.4 Å². The SMILES string of the molecule is CCC(C)Oc1cc(C)ccc1CNC(=NC)NCc1ccc(-n2ccnc2)nc1.I. The first-order valence-corrected chi connectivity index (χ1v) is 10.2. The summed E-state index contributed by atoms with van der Waals surface area (Å²) < 4.78 is 7.97. The molecule has 7 nitrogen and oxygen atoms in total. The maximum absolute atomic E-state index is 6.10. The highest BCUT2D eigenvalue weighted by atomic mass is 127. The van der Waals surface area contributed by atoms with E-state index in [2.05, 4.69) is 64.6 Å². The monoisotopic (exact) mass is 534 g/mol. The van der Waals surface area contributed by atoms with Crippen LogP contribution in [0.3, 0.4) is 0 Å². The molecule has 1 unspecified atom stereocenters. The number of rotatable bonds is 8. The van der Waals surface area contributed by atoms with E-state index < -0.39 is 0 Å². The van der Waals surface area contributed by atoms with Crippen LogP contribution in [0.1, 0.15) is 37.0 Å². The van der Waals surface area contributed by atoms with Crippen molar-refractivity contribution in [2.75, 3.05) is 7.05 Å². The Morgan fingerprint density at radius 1 is 1.19 bits per heavy atom. The fourth-order valence-electron chi connectivity index (χ4n) is 2.87. The van der Waals surface area contributed by atoms with Gasteiger partial charge >= 0.3 is 0 Å². The molecule has 0 aliphatic rings. The Bertz CT molecular complexity index is 957. The van der Waals surface area contributed by atoms with E-state index in [0.717, 1.165) is 35.1 Å². The van der Waals surface area contributed by atoms with Crippen LogP contribution in [0, 0.1) is 6.92 Å². The molecule has 1 atom stereocenters. The zero-order chi connectivity index (χ0) is 21.3. The molecule has 2 N–H and O–H groups in total. The highest BCUT2D eigenvalue weighted by molar-refractivity contribution is 14.0. The fourth-order valence-corrected chi connectivity index (χ4v) is 2.87. The summed E-state index contributed by atoms with van der Waals surface area (Å²) in [5.41, 5.74) is 3.36. The lowest BCUT2D eigenvalue weighted by Gasteiger charge is -2.18. The summed E-state index contributed by atoms with van der Waals surface area (Å²) in [5, 5.41) is 6.70. The standard InChI is InChI=1S/C23H30N6O.HI/c1-5-18(3)30-21-12-17(2)6-8-20(21)15-28-23(24-4)27-14-19-7-9-22(26-13-19)29-11-10-25-16-29;/h6-13,16,18H,5,14-15H2,1-4H3,(H2,24,27,28);1H. The predicted molar refractivity (Wildman–Crippen MR) is 135 cm³/mol. The molecule has 0 radical (unpaired) electrons. The van der Waals surface area contributed by atoms with Crippen molar-refractivity contribution in [3.63, 3.8) is 0 Å². The molecule has 1 aromatic carbocycles. The number of halogens is 1. The van der Waals surface area contributed by atoms with Crippen LogP contribution < -0.4 is 15.4 Å². The van der Waals surface area contributed by atoms with Gasteiger partial charge < -0.3 is 15.4 Å². The molecule has 0 bridgehead atoms. The van der Waals surface area contributed by atoms with Crippen molar-refractivity contribution < 1.29 is 4.74 Å². The third kappa shape index (κ3) is 7.23. The molecule has 3 rings (SSSR count). The van der Waals surface area contributed by atoms with Crippen LogP contribution in [0.2, 0.25) is 0 Å². The van der Waals surface area contributed by atoms with Gasteiger partial charge in [-0.05, 0) is 43.5 Å². The van der Waals surface area contributed by atoms with Crippen molar-refractivity contribution in [2.24, 2.45) is 4.99 Å². The molecule has 0 saturated carbocycles. The van der Waals surface area contributed by atoms with E-state index in [4.69, 9.17) is 4.74 Å². The second-order valence-electron chi connectivity index (χ2n) is 7.22. The van der Waals surface area contributed by atoms with Gasteiger partial charge in [-0.2, -0.15) is 0 Å². The minimum atomic E-state index is 0. The van der Waals surface area contributed by atoms with Gasteiger partial charge in [-0.1, -0.05) is 25.1 Å². The van der Waals surface area contributed by atoms with Crippen molar-refractivity contribution in [1.29, 1.82) is 0 Å². The van der Waals surface area contributed by atoms with Crippen molar-refractivity contribution in [1.82, 2.24) is 25.2 Å². The van der Waals surface area contributed by atoms with Gasteiger partial charge in [0.15, 0.2) is 5.96 Å². The number of aryl methyl sites for hydroxylation is 1. The predicted octanol–water partition coefficient (Wildman–Crippen LogP) is 4.24. The second kappa shape index (κ2) is 12.3. The van der Waals surface area contributed by atoms with E-state index in [1.54, 1.807) is 19.6 Å². The van der Waals surface area contributed by atoms with Gasteiger partial charge in [0, 0.05) is 44.3 Å². The van der Waals surface area contributed by atoms with E-state index >= 15 is 0 Å². The smallest absolute Gasteiger partial charge is 0.191 e. The number of ether oxygens (including phenoxy) is 1. The maximum atomic E-state index is 6.10. The highest BCUT2D eigenvalue weighted by Crippen LogP contribution is 2.22. The molecule has 0 spiro atoms. The van der Waals surface area contributed by atoms with Crippen LogP contribution in [-0.4, -0.2) is 33.6 Å². The summed E-state index contributed by atoms with van der Waals surface area (Å²) in [4.78, 5) is 12.8. The van der Waals surface area contributed by atoms with Crippen LogP contribution >= 0.6 is 24.0 Å². The topological polar surface area (TPSA) is 76.4 Å². The summed E-state index contributed by atoms with van der Waals surface area (Å²) in [7, 11) is 1.77.